The Labute approximate surface area is 156 Å². The minimum absolute atomic E-state index is 0.0658. The van der Waals surface area contributed by atoms with Crippen LogP contribution < -0.4 is 5.43 Å². The Balaban J connectivity index is 2.26. The normalized spacial score (nSPS) is 11.1. The second-order valence-electron chi connectivity index (χ2n) is 5.46. The quantitative estimate of drug-likeness (QED) is 0.432. The molecule has 4 aromatic rings. The van der Waals surface area contributed by atoms with E-state index in [9.17, 15) is 4.79 Å². The lowest BCUT2D eigenvalue weighted by Gasteiger charge is -2.18. The summed E-state index contributed by atoms with van der Waals surface area (Å²) in [5.74, 6) is 0.386. The number of pyridine rings is 1. The van der Waals surface area contributed by atoms with Crippen molar-refractivity contribution >= 4 is 38.4 Å². The number of alkyl halides is 1. The lowest BCUT2D eigenvalue weighted by atomic mass is 10.1. The zero-order valence-electron chi connectivity index (χ0n) is 12.9. The van der Waals surface area contributed by atoms with E-state index in [1.54, 1.807) is 24.4 Å². The minimum Gasteiger partial charge on any atom is -0.443 e. The van der Waals surface area contributed by atoms with Gasteiger partial charge in [-0.3, -0.25) is 4.79 Å². The van der Waals surface area contributed by atoms with E-state index in [2.05, 4.69) is 20.9 Å². The topological polar surface area (TPSA) is 48.0 Å². The van der Waals surface area contributed by atoms with Crippen molar-refractivity contribution in [2.75, 3.05) is 0 Å². The van der Waals surface area contributed by atoms with Gasteiger partial charge in [0.1, 0.15) is 12.0 Å². The number of oxazole rings is 1. The van der Waals surface area contributed by atoms with Crippen LogP contribution in [0.3, 0.4) is 0 Å². The van der Waals surface area contributed by atoms with Gasteiger partial charge in [0.05, 0.1) is 11.7 Å². The van der Waals surface area contributed by atoms with E-state index in [-0.39, 0.29) is 5.43 Å². The predicted molar refractivity (Wildman–Crippen MR) is 103 cm³/mol. The summed E-state index contributed by atoms with van der Waals surface area (Å²) in [7, 11) is 0. The number of aromatic nitrogens is 2. The largest absolute Gasteiger partial charge is 0.443 e. The molecule has 0 aliphatic rings. The molecule has 0 bridgehead atoms. The highest BCUT2D eigenvalue weighted by Crippen LogP contribution is 2.31. The second kappa shape index (κ2) is 6.50. The molecule has 6 heteroatoms. The first-order valence-corrected chi connectivity index (χ1v) is 9.09. The molecule has 0 atom stereocenters. The van der Waals surface area contributed by atoms with Crippen molar-refractivity contribution in [3.05, 3.63) is 81.8 Å². The number of hydrogen-bond donors (Lipinski definition) is 0. The molecule has 2 aromatic heterocycles. The Kier molecular flexibility index (Phi) is 4.19. The molecule has 0 unspecified atom stereocenters. The van der Waals surface area contributed by atoms with Crippen molar-refractivity contribution in [2.45, 2.75) is 5.33 Å². The maximum Gasteiger partial charge on any atom is 0.243 e. The van der Waals surface area contributed by atoms with Crippen LogP contribution in [-0.2, 0) is 5.33 Å². The highest BCUT2D eigenvalue weighted by atomic mass is 79.9. The predicted octanol–water partition coefficient (Wildman–Crippen LogP) is 5.19. The average Bonchev–Trinajstić information content (AvgIpc) is 3.16. The van der Waals surface area contributed by atoms with Gasteiger partial charge in [-0.25, -0.2) is 4.98 Å². The van der Waals surface area contributed by atoms with E-state index in [1.165, 1.54) is 6.26 Å². The first-order chi connectivity index (χ1) is 12.2. The molecule has 0 amide bonds. The highest BCUT2D eigenvalue weighted by Gasteiger charge is 2.21. The Hall–Kier alpha value is -2.37. The molecule has 2 heterocycles. The SMILES string of the molecule is O=c1c(CBr)c(-c2ncco2)n(-c2ccccc2)c2cc(Cl)ccc12. The fourth-order valence-corrected chi connectivity index (χ4v) is 3.63. The third kappa shape index (κ3) is 2.69. The van der Waals surface area contributed by atoms with Gasteiger partial charge < -0.3 is 8.98 Å². The van der Waals surface area contributed by atoms with Crippen LogP contribution in [0.2, 0.25) is 5.02 Å². The van der Waals surface area contributed by atoms with Gasteiger partial charge in [-0.1, -0.05) is 45.7 Å². The number of nitrogens with zero attached hydrogens (tertiary/aromatic N) is 2. The van der Waals surface area contributed by atoms with Gasteiger partial charge in [-0.15, -0.1) is 0 Å². The molecule has 0 N–H and O–H groups in total. The Bertz CT molecular complexity index is 1110. The summed E-state index contributed by atoms with van der Waals surface area (Å²) in [6.45, 7) is 0. The van der Waals surface area contributed by atoms with Crippen molar-refractivity contribution < 1.29 is 4.42 Å². The Morgan fingerprint density at radius 2 is 1.96 bits per heavy atom. The molecular weight excluding hydrogens is 404 g/mol. The molecule has 0 saturated carbocycles. The third-order valence-corrected chi connectivity index (χ3v) is 4.81. The number of rotatable bonds is 3. The summed E-state index contributed by atoms with van der Waals surface area (Å²) in [6.07, 6.45) is 3.06. The van der Waals surface area contributed by atoms with Gasteiger partial charge in [0, 0.05) is 27.0 Å². The van der Waals surface area contributed by atoms with Gasteiger partial charge in [0.15, 0.2) is 5.43 Å². The van der Waals surface area contributed by atoms with Crippen molar-refractivity contribution in [3.8, 4) is 17.3 Å². The molecular formula is C19H12BrClN2O2. The number of hydrogen-bond acceptors (Lipinski definition) is 3. The van der Waals surface area contributed by atoms with Crippen LogP contribution in [0.4, 0.5) is 0 Å². The molecule has 4 nitrogen and oxygen atoms in total. The standard InChI is InChI=1S/C19H12BrClN2O2/c20-11-15-17(19-22-8-9-25-19)23(13-4-2-1-3-5-13)16-10-12(21)6-7-14(16)18(15)24/h1-10H,11H2. The third-order valence-electron chi connectivity index (χ3n) is 4.01. The smallest absolute Gasteiger partial charge is 0.243 e. The zero-order chi connectivity index (χ0) is 17.4. The first-order valence-electron chi connectivity index (χ1n) is 7.59. The van der Waals surface area contributed by atoms with Crippen LogP contribution in [0.1, 0.15) is 5.56 Å². The van der Waals surface area contributed by atoms with Gasteiger partial charge in [0.2, 0.25) is 5.89 Å². The van der Waals surface area contributed by atoms with E-state index < -0.39 is 0 Å². The molecule has 0 fully saturated rings. The van der Waals surface area contributed by atoms with Crippen molar-refractivity contribution in [1.82, 2.24) is 9.55 Å². The maximum absolute atomic E-state index is 13.0. The molecule has 0 spiro atoms. The van der Waals surface area contributed by atoms with Crippen LogP contribution in [0, 0.1) is 0 Å². The summed E-state index contributed by atoms with van der Waals surface area (Å²) in [6, 6.07) is 15.0. The highest BCUT2D eigenvalue weighted by molar-refractivity contribution is 9.08. The van der Waals surface area contributed by atoms with E-state index in [4.69, 9.17) is 16.0 Å². The molecule has 0 saturated heterocycles. The second-order valence-corrected chi connectivity index (χ2v) is 6.46. The minimum atomic E-state index is -0.0658. The molecule has 124 valence electrons. The van der Waals surface area contributed by atoms with E-state index in [0.29, 0.717) is 38.4 Å². The van der Waals surface area contributed by atoms with Crippen LogP contribution in [0.25, 0.3) is 28.2 Å². The monoisotopic (exact) mass is 414 g/mol. The molecule has 4 rings (SSSR count). The van der Waals surface area contributed by atoms with Crippen molar-refractivity contribution in [2.24, 2.45) is 0 Å². The van der Waals surface area contributed by atoms with Crippen LogP contribution in [-0.4, -0.2) is 9.55 Å². The molecule has 0 aliphatic heterocycles. The molecule has 2 aromatic carbocycles. The number of halogens is 2. The first kappa shape index (κ1) is 16.1. The summed E-state index contributed by atoms with van der Waals surface area (Å²) >= 11 is 9.66. The van der Waals surface area contributed by atoms with Gasteiger partial charge in [0.25, 0.3) is 0 Å². The summed E-state index contributed by atoms with van der Waals surface area (Å²) < 4.78 is 7.50. The molecule has 25 heavy (non-hydrogen) atoms. The molecule has 0 aliphatic carbocycles. The summed E-state index contributed by atoms with van der Waals surface area (Å²) in [5, 5.41) is 1.54. The lowest BCUT2D eigenvalue weighted by molar-refractivity contribution is 0.569. The Morgan fingerprint density at radius 1 is 1.16 bits per heavy atom. The fraction of sp³-hybridized carbons (Fsp3) is 0.0526. The summed E-state index contributed by atoms with van der Waals surface area (Å²) in [4.78, 5) is 17.3. The van der Waals surface area contributed by atoms with E-state index in [0.717, 1.165) is 5.69 Å². The van der Waals surface area contributed by atoms with Crippen LogP contribution in [0.15, 0.2) is 70.2 Å². The number of fused-ring (bicyclic) bond motifs is 1. The van der Waals surface area contributed by atoms with Gasteiger partial charge in [-0.05, 0) is 30.3 Å². The molecule has 0 radical (unpaired) electrons. The number of benzene rings is 2. The maximum atomic E-state index is 13.0. The average molecular weight is 416 g/mol. The lowest BCUT2D eigenvalue weighted by Crippen LogP contribution is -2.17. The Morgan fingerprint density at radius 3 is 2.64 bits per heavy atom. The van der Waals surface area contributed by atoms with Crippen LogP contribution in [0.5, 0.6) is 0 Å². The van der Waals surface area contributed by atoms with Gasteiger partial charge >= 0.3 is 0 Å². The number of para-hydroxylation sites is 1. The summed E-state index contributed by atoms with van der Waals surface area (Å²) in [5.41, 5.74) is 2.74. The van der Waals surface area contributed by atoms with Crippen molar-refractivity contribution in [3.63, 3.8) is 0 Å². The fourth-order valence-electron chi connectivity index (χ4n) is 2.94. The zero-order valence-corrected chi connectivity index (χ0v) is 15.3. The van der Waals surface area contributed by atoms with Crippen molar-refractivity contribution in [1.29, 1.82) is 0 Å². The van der Waals surface area contributed by atoms with Gasteiger partial charge in [-0.2, -0.15) is 0 Å². The van der Waals surface area contributed by atoms with E-state index in [1.807, 2.05) is 34.9 Å². The van der Waals surface area contributed by atoms with Crippen LogP contribution >= 0.6 is 27.5 Å². The van der Waals surface area contributed by atoms with E-state index >= 15 is 0 Å².